The number of halogens is 1. The molecule has 4 rings (SSSR count). The van der Waals surface area contributed by atoms with Crippen molar-refractivity contribution in [1.82, 2.24) is 25.0 Å². The van der Waals surface area contributed by atoms with Gasteiger partial charge in [0.15, 0.2) is 16.8 Å². The molecule has 7 nitrogen and oxygen atoms in total. The molecule has 2 aromatic heterocycles. The molecule has 10 heteroatoms. The summed E-state index contributed by atoms with van der Waals surface area (Å²) in [6.07, 6.45) is 3.59. The van der Waals surface area contributed by atoms with Gasteiger partial charge in [-0.05, 0) is 62.3 Å². The van der Waals surface area contributed by atoms with Crippen molar-refractivity contribution in [3.63, 3.8) is 0 Å². The number of likely N-dealkylation sites (tertiary alicyclic amines) is 1. The quantitative estimate of drug-likeness (QED) is 0.362. The third-order valence-corrected chi connectivity index (χ3v) is 7.43. The second kappa shape index (κ2) is 11.0. The van der Waals surface area contributed by atoms with Gasteiger partial charge in [0.1, 0.15) is 5.82 Å². The molecule has 1 aliphatic rings. The van der Waals surface area contributed by atoms with E-state index in [2.05, 4.69) is 20.4 Å². The number of benzene rings is 1. The molecule has 1 N–H and O–H groups in total. The van der Waals surface area contributed by atoms with Crippen LogP contribution >= 0.6 is 23.1 Å². The van der Waals surface area contributed by atoms with Crippen LogP contribution in [0.1, 0.15) is 46.6 Å². The molecule has 3 heterocycles. The molecule has 0 bridgehead atoms. The van der Waals surface area contributed by atoms with E-state index >= 15 is 0 Å². The average molecular weight is 488 g/mol. The van der Waals surface area contributed by atoms with E-state index in [9.17, 15) is 14.0 Å². The Labute approximate surface area is 200 Å². The van der Waals surface area contributed by atoms with Gasteiger partial charge in [0.05, 0.1) is 23.7 Å². The van der Waals surface area contributed by atoms with Crippen molar-refractivity contribution in [2.24, 2.45) is 0 Å². The van der Waals surface area contributed by atoms with Gasteiger partial charge in [0, 0.05) is 17.5 Å². The van der Waals surface area contributed by atoms with Crippen molar-refractivity contribution in [3.8, 4) is 5.69 Å². The highest BCUT2D eigenvalue weighted by Gasteiger charge is 2.20. The van der Waals surface area contributed by atoms with Crippen molar-refractivity contribution >= 4 is 34.8 Å². The van der Waals surface area contributed by atoms with Crippen LogP contribution in [0.4, 0.5) is 4.39 Å². The zero-order chi connectivity index (χ0) is 23.2. The van der Waals surface area contributed by atoms with E-state index in [1.807, 2.05) is 10.6 Å². The van der Waals surface area contributed by atoms with E-state index in [1.54, 1.807) is 18.2 Å². The molecule has 1 fully saturated rings. The first-order valence-electron chi connectivity index (χ1n) is 10.9. The SMILES string of the molecule is CC(=O)NCc1ccc(C(=O)CSc2nnc(CN3CCCCC3)n2-c2ccc(F)cc2)s1. The molecule has 174 valence electrons. The Balaban J connectivity index is 1.49. The highest BCUT2D eigenvalue weighted by Crippen LogP contribution is 2.26. The van der Waals surface area contributed by atoms with Crippen LogP contribution in [0.2, 0.25) is 0 Å². The van der Waals surface area contributed by atoms with E-state index < -0.39 is 0 Å². The van der Waals surface area contributed by atoms with Crippen LogP contribution in [0.3, 0.4) is 0 Å². The number of amides is 1. The molecule has 0 radical (unpaired) electrons. The summed E-state index contributed by atoms with van der Waals surface area (Å²) >= 11 is 2.70. The number of Topliss-reactive ketones (excluding diaryl/α,β-unsaturated/α-hetero) is 1. The maximum absolute atomic E-state index is 13.5. The van der Waals surface area contributed by atoms with Gasteiger partial charge in [-0.15, -0.1) is 21.5 Å². The fourth-order valence-electron chi connectivity index (χ4n) is 3.70. The number of carbonyl (C=O) groups excluding carboxylic acids is 2. The second-order valence-electron chi connectivity index (χ2n) is 7.93. The number of nitrogens with one attached hydrogen (secondary N) is 1. The minimum atomic E-state index is -0.304. The third-order valence-electron chi connectivity index (χ3n) is 5.38. The molecule has 0 unspecified atom stereocenters. The fraction of sp³-hybridized carbons (Fsp3) is 0.391. The first-order valence-corrected chi connectivity index (χ1v) is 12.7. The minimum absolute atomic E-state index is 0.00897. The zero-order valence-electron chi connectivity index (χ0n) is 18.4. The highest BCUT2D eigenvalue weighted by molar-refractivity contribution is 7.99. The standard InChI is InChI=1S/C23H26FN5O2S2/c1-16(30)25-13-19-9-10-21(33-19)20(31)15-32-23-27-26-22(14-28-11-3-2-4-12-28)29(23)18-7-5-17(24)6-8-18/h5-10H,2-4,11-15H2,1H3,(H,25,30). The Bertz CT molecular complexity index is 1110. The molecule has 33 heavy (non-hydrogen) atoms. The van der Waals surface area contributed by atoms with Gasteiger partial charge >= 0.3 is 0 Å². The highest BCUT2D eigenvalue weighted by atomic mass is 32.2. The summed E-state index contributed by atoms with van der Waals surface area (Å²) < 4.78 is 15.4. The predicted octanol–water partition coefficient (Wildman–Crippen LogP) is 4.06. The second-order valence-corrected chi connectivity index (χ2v) is 10.0. The van der Waals surface area contributed by atoms with E-state index in [0.29, 0.717) is 23.1 Å². The van der Waals surface area contributed by atoms with Crippen LogP contribution in [0.25, 0.3) is 5.69 Å². The molecule has 1 aliphatic heterocycles. The van der Waals surface area contributed by atoms with Crippen molar-refractivity contribution in [2.75, 3.05) is 18.8 Å². The Morgan fingerprint density at radius 3 is 2.58 bits per heavy atom. The normalized spacial score (nSPS) is 14.4. The third kappa shape index (κ3) is 6.27. The van der Waals surface area contributed by atoms with E-state index in [1.165, 1.54) is 61.4 Å². The minimum Gasteiger partial charge on any atom is -0.351 e. The van der Waals surface area contributed by atoms with Crippen LogP contribution < -0.4 is 5.32 Å². The largest absolute Gasteiger partial charge is 0.351 e. The zero-order valence-corrected chi connectivity index (χ0v) is 20.1. The maximum Gasteiger partial charge on any atom is 0.217 e. The predicted molar refractivity (Wildman–Crippen MR) is 127 cm³/mol. The Hall–Kier alpha value is -2.56. The number of carbonyl (C=O) groups is 2. The molecule has 1 amide bonds. The van der Waals surface area contributed by atoms with Crippen molar-refractivity contribution in [2.45, 2.75) is 44.4 Å². The van der Waals surface area contributed by atoms with Gasteiger partial charge in [-0.3, -0.25) is 19.1 Å². The maximum atomic E-state index is 13.5. The van der Waals surface area contributed by atoms with Gasteiger partial charge in [0.2, 0.25) is 5.91 Å². The van der Waals surface area contributed by atoms with Crippen LogP contribution in [-0.2, 0) is 17.9 Å². The van der Waals surface area contributed by atoms with Crippen molar-refractivity contribution < 1.29 is 14.0 Å². The summed E-state index contributed by atoms with van der Waals surface area (Å²) in [6.45, 7) is 4.59. The number of aromatic nitrogens is 3. The number of ketones is 1. The Morgan fingerprint density at radius 1 is 1.09 bits per heavy atom. The van der Waals surface area contributed by atoms with Crippen molar-refractivity contribution in [1.29, 1.82) is 0 Å². The van der Waals surface area contributed by atoms with Crippen LogP contribution in [-0.4, -0.2) is 50.2 Å². The van der Waals surface area contributed by atoms with E-state index in [0.717, 1.165) is 29.5 Å². The molecule has 0 aliphatic carbocycles. The lowest BCUT2D eigenvalue weighted by Gasteiger charge is -2.26. The van der Waals surface area contributed by atoms with E-state index in [4.69, 9.17) is 0 Å². The number of thioether (sulfide) groups is 1. The smallest absolute Gasteiger partial charge is 0.217 e. The lowest BCUT2D eigenvalue weighted by Crippen LogP contribution is -2.30. The first kappa shape index (κ1) is 23.6. The lowest BCUT2D eigenvalue weighted by molar-refractivity contribution is -0.119. The molecule has 3 aromatic rings. The van der Waals surface area contributed by atoms with Gasteiger partial charge < -0.3 is 5.32 Å². The number of nitrogens with zero attached hydrogens (tertiary/aromatic N) is 4. The monoisotopic (exact) mass is 487 g/mol. The van der Waals surface area contributed by atoms with Crippen LogP contribution in [0.5, 0.6) is 0 Å². The average Bonchev–Trinajstić information content (AvgIpc) is 3.45. The Morgan fingerprint density at radius 2 is 1.85 bits per heavy atom. The molecular formula is C23H26FN5O2S2. The molecule has 1 saturated heterocycles. The summed E-state index contributed by atoms with van der Waals surface area (Å²) in [5.74, 6) is 0.578. The summed E-state index contributed by atoms with van der Waals surface area (Å²) in [6, 6.07) is 9.90. The van der Waals surface area contributed by atoms with Gasteiger partial charge in [0.25, 0.3) is 0 Å². The molecule has 0 saturated carbocycles. The fourth-order valence-corrected chi connectivity index (χ4v) is 5.53. The molecule has 0 spiro atoms. The number of piperidine rings is 1. The van der Waals surface area contributed by atoms with Gasteiger partial charge in [-0.2, -0.15) is 0 Å². The van der Waals surface area contributed by atoms with E-state index in [-0.39, 0.29) is 23.3 Å². The summed E-state index contributed by atoms with van der Waals surface area (Å²) in [5, 5.41) is 12.1. The number of rotatable bonds is 9. The lowest BCUT2D eigenvalue weighted by atomic mass is 10.1. The molecular weight excluding hydrogens is 461 g/mol. The van der Waals surface area contributed by atoms with Crippen LogP contribution in [0.15, 0.2) is 41.6 Å². The first-order chi connectivity index (χ1) is 16.0. The molecule has 1 aromatic carbocycles. The Kier molecular flexibility index (Phi) is 7.89. The van der Waals surface area contributed by atoms with Gasteiger partial charge in [-0.1, -0.05) is 18.2 Å². The van der Waals surface area contributed by atoms with Gasteiger partial charge in [-0.25, -0.2) is 4.39 Å². The topological polar surface area (TPSA) is 80.1 Å². The number of thiophene rings is 1. The number of hydrogen-bond acceptors (Lipinski definition) is 7. The summed E-state index contributed by atoms with van der Waals surface area (Å²) in [5.41, 5.74) is 0.775. The van der Waals surface area contributed by atoms with Crippen molar-refractivity contribution in [3.05, 3.63) is 57.8 Å². The summed E-state index contributed by atoms with van der Waals surface area (Å²) in [4.78, 5) is 27.8. The summed E-state index contributed by atoms with van der Waals surface area (Å²) in [7, 11) is 0. The molecule has 0 atom stereocenters. The van der Waals surface area contributed by atoms with Crippen LogP contribution in [0, 0.1) is 5.82 Å². The number of hydrogen-bond donors (Lipinski definition) is 1.